The van der Waals surface area contributed by atoms with Crippen LogP contribution in [-0.4, -0.2) is 73.4 Å². The van der Waals surface area contributed by atoms with Gasteiger partial charge in [0.2, 0.25) is 0 Å². The Morgan fingerprint density at radius 2 is 2.00 bits per heavy atom. The van der Waals surface area contributed by atoms with Crippen LogP contribution in [0, 0.1) is 17.7 Å². The summed E-state index contributed by atoms with van der Waals surface area (Å²) in [6.45, 7) is 5.17. The number of hydrogen-bond acceptors (Lipinski definition) is 4. The van der Waals surface area contributed by atoms with Crippen molar-refractivity contribution in [3.63, 3.8) is 0 Å². The van der Waals surface area contributed by atoms with Gasteiger partial charge in [-0.15, -0.1) is 0 Å². The fourth-order valence-electron chi connectivity index (χ4n) is 3.45. The third kappa shape index (κ3) is 3.88. The maximum atomic E-state index is 13.6. The molecule has 0 bridgehead atoms. The molecule has 2 heterocycles. The first kappa shape index (κ1) is 17.6. The molecule has 2 saturated heterocycles. The minimum absolute atomic E-state index is 0.00593. The average Bonchev–Trinajstić information content (AvgIpc) is 3.00. The summed E-state index contributed by atoms with van der Waals surface area (Å²) in [6, 6.07) is 4.11. The van der Waals surface area contributed by atoms with Gasteiger partial charge < -0.3 is 14.7 Å². The van der Waals surface area contributed by atoms with Gasteiger partial charge in [0, 0.05) is 50.8 Å². The van der Waals surface area contributed by atoms with Crippen LogP contribution in [0.2, 0.25) is 5.02 Å². The Hall–Kier alpha value is -1.21. The molecular weight excluding hydrogens is 335 g/mol. The zero-order chi connectivity index (χ0) is 17.1. The summed E-state index contributed by atoms with van der Waals surface area (Å²) in [5.74, 6) is -0.540. The lowest BCUT2D eigenvalue weighted by Gasteiger charge is -2.30. The molecule has 0 saturated carbocycles. The molecule has 0 radical (unpaired) electrons. The van der Waals surface area contributed by atoms with Crippen LogP contribution in [0.1, 0.15) is 10.4 Å². The first-order valence-corrected chi connectivity index (χ1v) is 8.61. The molecule has 0 aromatic heterocycles. The van der Waals surface area contributed by atoms with Crippen LogP contribution in [-0.2, 0) is 4.74 Å². The van der Waals surface area contributed by atoms with E-state index in [9.17, 15) is 14.3 Å². The van der Waals surface area contributed by atoms with Crippen molar-refractivity contribution in [2.24, 2.45) is 11.8 Å². The molecule has 7 heteroatoms. The number of ether oxygens (including phenoxy) is 1. The van der Waals surface area contributed by atoms with Crippen molar-refractivity contribution in [2.75, 3.05) is 52.5 Å². The third-order valence-electron chi connectivity index (χ3n) is 4.86. The number of morpholine rings is 1. The van der Waals surface area contributed by atoms with E-state index in [2.05, 4.69) is 4.90 Å². The minimum Gasteiger partial charge on any atom is -0.396 e. The predicted octanol–water partition coefficient (Wildman–Crippen LogP) is 1.49. The number of halogens is 2. The van der Waals surface area contributed by atoms with Crippen molar-refractivity contribution in [3.8, 4) is 0 Å². The Balaban J connectivity index is 1.66. The fourth-order valence-corrected chi connectivity index (χ4v) is 3.56. The van der Waals surface area contributed by atoms with E-state index in [1.807, 2.05) is 0 Å². The first-order chi connectivity index (χ1) is 11.6. The van der Waals surface area contributed by atoms with Crippen LogP contribution >= 0.6 is 11.6 Å². The van der Waals surface area contributed by atoms with E-state index in [1.54, 1.807) is 4.90 Å². The van der Waals surface area contributed by atoms with E-state index in [4.69, 9.17) is 16.3 Å². The van der Waals surface area contributed by atoms with Gasteiger partial charge in [0.1, 0.15) is 5.82 Å². The van der Waals surface area contributed by atoms with Crippen molar-refractivity contribution in [2.45, 2.75) is 0 Å². The monoisotopic (exact) mass is 356 g/mol. The lowest BCUT2D eigenvalue weighted by molar-refractivity contribution is 0.0264. The van der Waals surface area contributed by atoms with Gasteiger partial charge in [-0.05, 0) is 24.1 Å². The van der Waals surface area contributed by atoms with Crippen LogP contribution < -0.4 is 0 Å². The smallest absolute Gasteiger partial charge is 0.253 e. The maximum Gasteiger partial charge on any atom is 0.253 e. The number of rotatable bonds is 4. The summed E-state index contributed by atoms with van der Waals surface area (Å²) >= 11 is 5.67. The molecule has 0 aliphatic carbocycles. The Kier molecular flexibility index (Phi) is 5.71. The molecule has 0 spiro atoms. The molecule has 1 aromatic rings. The number of benzene rings is 1. The molecular formula is C17H22ClFN2O3. The maximum absolute atomic E-state index is 13.6. The second-order valence-corrected chi connectivity index (χ2v) is 6.86. The molecule has 1 amide bonds. The largest absolute Gasteiger partial charge is 0.396 e. The third-order valence-corrected chi connectivity index (χ3v) is 5.17. The van der Waals surface area contributed by atoms with Crippen LogP contribution in [0.5, 0.6) is 0 Å². The summed E-state index contributed by atoms with van der Waals surface area (Å²) in [7, 11) is 0. The predicted molar refractivity (Wildman–Crippen MR) is 88.6 cm³/mol. The number of likely N-dealkylation sites (tertiary alicyclic amines) is 1. The number of carbonyl (C=O) groups is 1. The Morgan fingerprint density at radius 1 is 1.29 bits per heavy atom. The lowest BCUT2D eigenvalue weighted by atomic mass is 9.96. The van der Waals surface area contributed by atoms with Gasteiger partial charge in [-0.1, -0.05) is 11.6 Å². The summed E-state index contributed by atoms with van der Waals surface area (Å²) in [4.78, 5) is 16.6. The molecule has 2 fully saturated rings. The molecule has 2 aliphatic heterocycles. The van der Waals surface area contributed by atoms with Crippen molar-refractivity contribution in [1.82, 2.24) is 9.80 Å². The molecule has 1 aromatic carbocycles. The minimum atomic E-state index is -0.592. The number of hydrogen-bond donors (Lipinski definition) is 1. The second-order valence-electron chi connectivity index (χ2n) is 6.45. The van der Waals surface area contributed by atoms with Gasteiger partial charge >= 0.3 is 0 Å². The summed E-state index contributed by atoms with van der Waals surface area (Å²) < 4.78 is 18.9. The Bertz CT molecular complexity index is 595. The van der Waals surface area contributed by atoms with Gasteiger partial charge in [-0.25, -0.2) is 4.39 Å². The average molecular weight is 357 g/mol. The van der Waals surface area contributed by atoms with Crippen LogP contribution in [0.25, 0.3) is 0 Å². The van der Waals surface area contributed by atoms with Crippen molar-refractivity contribution >= 4 is 17.5 Å². The van der Waals surface area contributed by atoms with E-state index in [-0.39, 0.29) is 29.4 Å². The van der Waals surface area contributed by atoms with Gasteiger partial charge in [0.25, 0.3) is 5.91 Å². The van der Waals surface area contributed by atoms with Crippen molar-refractivity contribution in [1.29, 1.82) is 0 Å². The molecule has 132 valence electrons. The quantitative estimate of drug-likeness (QED) is 0.888. The van der Waals surface area contributed by atoms with Gasteiger partial charge in [-0.2, -0.15) is 0 Å². The lowest BCUT2D eigenvalue weighted by Crippen LogP contribution is -2.41. The van der Waals surface area contributed by atoms with Gasteiger partial charge in [0.05, 0.1) is 18.2 Å². The van der Waals surface area contributed by atoms with Crippen LogP contribution in [0.4, 0.5) is 4.39 Å². The number of carbonyl (C=O) groups excluding carboxylic acids is 1. The normalized spacial score (nSPS) is 25.2. The van der Waals surface area contributed by atoms with E-state index in [0.29, 0.717) is 18.7 Å². The molecule has 3 rings (SSSR count). The van der Waals surface area contributed by atoms with Crippen molar-refractivity contribution < 1.29 is 19.0 Å². The highest BCUT2D eigenvalue weighted by Gasteiger charge is 2.36. The first-order valence-electron chi connectivity index (χ1n) is 8.23. The fraction of sp³-hybridized carbons (Fsp3) is 0.588. The van der Waals surface area contributed by atoms with Crippen LogP contribution in [0.15, 0.2) is 18.2 Å². The van der Waals surface area contributed by atoms with E-state index >= 15 is 0 Å². The number of aliphatic hydroxyl groups excluding tert-OH is 1. The SMILES string of the molecule is O=C(c1ccc(Cl)c(F)c1)N1C[C@@H](CN2CCOCC2)[C@@H](CO)C1. The zero-order valence-electron chi connectivity index (χ0n) is 13.5. The summed E-state index contributed by atoms with van der Waals surface area (Å²) in [5.41, 5.74) is 0.292. The van der Waals surface area contributed by atoms with Gasteiger partial charge in [0.15, 0.2) is 0 Å². The number of nitrogens with zero attached hydrogens (tertiary/aromatic N) is 2. The highest BCUT2D eigenvalue weighted by Crippen LogP contribution is 2.26. The highest BCUT2D eigenvalue weighted by atomic mass is 35.5. The summed E-state index contributed by atoms with van der Waals surface area (Å²) in [5, 5.41) is 9.66. The van der Waals surface area contributed by atoms with E-state index in [1.165, 1.54) is 18.2 Å². The second kappa shape index (κ2) is 7.78. The van der Waals surface area contributed by atoms with E-state index < -0.39 is 5.82 Å². The van der Waals surface area contributed by atoms with E-state index in [0.717, 1.165) is 32.8 Å². The zero-order valence-corrected chi connectivity index (χ0v) is 14.2. The topological polar surface area (TPSA) is 53.0 Å². The number of aliphatic hydroxyl groups is 1. The Labute approximate surface area is 145 Å². The molecule has 1 N–H and O–H groups in total. The standard InChI is InChI=1S/C17H22ClFN2O3/c18-15-2-1-12(7-16(15)19)17(23)21-9-13(14(10-21)11-22)8-20-3-5-24-6-4-20/h1-2,7,13-14,22H,3-6,8-11H2/t13-,14-/m1/s1. The molecule has 0 unspecified atom stereocenters. The molecule has 2 atom stereocenters. The number of amides is 1. The molecule has 24 heavy (non-hydrogen) atoms. The highest BCUT2D eigenvalue weighted by molar-refractivity contribution is 6.30. The van der Waals surface area contributed by atoms with Gasteiger partial charge in [-0.3, -0.25) is 9.69 Å². The molecule has 2 aliphatic rings. The van der Waals surface area contributed by atoms with Crippen LogP contribution in [0.3, 0.4) is 0 Å². The Morgan fingerprint density at radius 3 is 2.67 bits per heavy atom. The molecule has 5 nitrogen and oxygen atoms in total. The van der Waals surface area contributed by atoms with Crippen molar-refractivity contribution in [3.05, 3.63) is 34.6 Å². The summed E-state index contributed by atoms with van der Waals surface area (Å²) in [6.07, 6.45) is 0.